The first-order valence-corrected chi connectivity index (χ1v) is 10.6. The number of carbonyl (C=O) groups excluding carboxylic acids is 2. The monoisotopic (exact) mass is 457 g/mol. The molecule has 1 heterocycles. The Morgan fingerprint density at radius 2 is 1.59 bits per heavy atom. The molecule has 7 heteroatoms. The summed E-state index contributed by atoms with van der Waals surface area (Å²) in [6.07, 6.45) is 0. The summed E-state index contributed by atoms with van der Waals surface area (Å²) in [4.78, 5) is 25.6. The number of ketones is 1. The number of aromatic nitrogens is 1. The van der Waals surface area contributed by atoms with E-state index in [1.807, 2.05) is 6.07 Å². The smallest absolute Gasteiger partial charge is 0.338 e. The molecule has 2 N–H and O–H groups in total. The lowest BCUT2D eigenvalue weighted by Crippen LogP contribution is -2.06. The molecule has 0 radical (unpaired) electrons. The zero-order valence-corrected chi connectivity index (χ0v) is 18.7. The van der Waals surface area contributed by atoms with E-state index in [0.29, 0.717) is 33.8 Å². The fraction of sp³-hybridized carbons (Fsp3) is 0.111. The Morgan fingerprint density at radius 3 is 2.24 bits per heavy atom. The molecule has 0 aliphatic heterocycles. The van der Waals surface area contributed by atoms with Crippen molar-refractivity contribution in [3.05, 3.63) is 95.6 Å². The molecule has 34 heavy (non-hydrogen) atoms. The van der Waals surface area contributed by atoms with Gasteiger partial charge in [0.1, 0.15) is 5.75 Å². The summed E-state index contributed by atoms with van der Waals surface area (Å²) in [5.41, 5.74) is 1.96. The quantitative estimate of drug-likeness (QED) is 0.300. The number of methoxy groups -OCH3 is 1. The van der Waals surface area contributed by atoms with E-state index in [4.69, 9.17) is 9.47 Å². The first-order chi connectivity index (χ1) is 16.5. The van der Waals surface area contributed by atoms with Crippen LogP contribution in [0, 0.1) is 0 Å². The molecule has 172 valence electrons. The average Bonchev–Trinajstić information content (AvgIpc) is 3.14. The molecule has 0 saturated carbocycles. The molecule has 0 unspecified atom stereocenters. The Kier molecular flexibility index (Phi) is 6.36. The molecule has 4 aromatic rings. The number of aromatic hydroxyl groups is 2. The first kappa shape index (κ1) is 22.7. The third-order valence-corrected chi connectivity index (χ3v) is 5.36. The van der Waals surface area contributed by atoms with Crippen LogP contribution in [-0.2, 0) is 4.74 Å². The van der Waals surface area contributed by atoms with Crippen molar-refractivity contribution in [1.82, 2.24) is 4.57 Å². The van der Waals surface area contributed by atoms with Crippen LogP contribution in [0.4, 0.5) is 0 Å². The molecule has 3 aromatic carbocycles. The molecule has 0 fully saturated rings. The summed E-state index contributed by atoms with van der Waals surface area (Å²) < 4.78 is 11.6. The van der Waals surface area contributed by atoms with Crippen molar-refractivity contribution in [2.45, 2.75) is 6.92 Å². The van der Waals surface area contributed by atoms with E-state index in [1.165, 1.54) is 11.7 Å². The predicted octanol–water partition coefficient (Wildman–Crippen LogP) is 4.97. The number of hydrogen-bond acceptors (Lipinski definition) is 6. The van der Waals surface area contributed by atoms with E-state index in [-0.39, 0.29) is 12.2 Å². The van der Waals surface area contributed by atoms with Gasteiger partial charge in [0, 0.05) is 11.3 Å². The second kappa shape index (κ2) is 9.54. The third-order valence-electron chi connectivity index (χ3n) is 5.36. The van der Waals surface area contributed by atoms with Crippen LogP contribution in [0.5, 0.6) is 17.4 Å². The normalized spacial score (nSPS) is 10.6. The van der Waals surface area contributed by atoms with Crippen molar-refractivity contribution in [2.75, 3.05) is 13.7 Å². The SMILES string of the molecule is CCOC(=O)c1ccc(-n2c(O)c(O)c(C(=O)c3cccc(OC)c3)c2-c2ccccc2)cc1. The van der Waals surface area contributed by atoms with Crippen LogP contribution in [0.1, 0.15) is 33.2 Å². The maximum absolute atomic E-state index is 13.5. The van der Waals surface area contributed by atoms with Gasteiger partial charge in [-0.3, -0.25) is 9.36 Å². The number of benzene rings is 3. The number of esters is 1. The Morgan fingerprint density at radius 1 is 0.882 bits per heavy atom. The highest BCUT2D eigenvalue weighted by Gasteiger charge is 2.30. The summed E-state index contributed by atoms with van der Waals surface area (Å²) in [5, 5.41) is 21.8. The number of carbonyl (C=O) groups is 2. The highest BCUT2D eigenvalue weighted by molar-refractivity contribution is 6.15. The highest BCUT2D eigenvalue weighted by atomic mass is 16.5. The van der Waals surface area contributed by atoms with Gasteiger partial charge in [0.15, 0.2) is 11.5 Å². The molecule has 0 atom stereocenters. The van der Waals surface area contributed by atoms with Gasteiger partial charge in [-0.15, -0.1) is 0 Å². The number of rotatable bonds is 7. The van der Waals surface area contributed by atoms with Gasteiger partial charge in [0.2, 0.25) is 5.88 Å². The number of hydrogen-bond donors (Lipinski definition) is 2. The van der Waals surface area contributed by atoms with Gasteiger partial charge in [0.25, 0.3) is 0 Å². The van der Waals surface area contributed by atoms with Crippen molar-refractivity contribution in [2.24, 2.45) is 0 Å². The fourth-order valence-electron chi connectivity index (χ4n) is 3.75. The largest absolute Gasteiger partial charge is 0.503 e. The maximum atomic E-state index is 13.5. The van der Waals surface area contributed by atoms with E-state index >= 15 is 0 Å². The Labute approximate surface area is 196 Å². The molecule has 0 bridgehead atoms. The number of nitrogens with zero attached hydrogens (tertiary/aromatic N) is 1. The summed E-state index contributed by atoms with van der Waals surface area (Å²) in [5.74, 6) is -1.49. The molecule has 1 aromatic heterocycles. The van der Waals surface area contributed by atoms with Crippen molar-refractivity contribution < 1.29 is 29.3 Å². The molecule has 0 amide bonds. The Balaban J connectivity index is 1.91. The lowest BCUT2D eigenvalue weighted by Gasteiger charge is -2.13. The van der Waals surface area contributed by atoms with Gasteiger partial charge >= 0.3 is 5.97 Å². The molecule has 0 aliphatic carbocycles. The Bertz CT molecular complexity index is 1340. The minimum atomic E-state index is -0.541. The van der Waals surface area contributed by atoms with Crippen LogP contribution < -0.4 is 4.74 Å². The highest BCUT2D eigenvalue weighted by Crippen LogP contribution is 2.44. The van der Waals surface area contributed by atoms with Crippen LogP contribution in [0.3, 0.4) is 0 Å². The van der Waals surface area contributed by atoms with Gasteiger partial charge in [-0.25, -0.2) is 4.79 Å². The van der Waals surface area contributed by atoms with Crippen molar-refractivity contribution in [1.29, 1.82) is 0 Å². The lowest BCUT2D eigenvalue weighted by molar-refractivity contribution is 0.0526. The van der Waals surface area contributed by atoms with Crippen molar-refractivity contribution in [3.8, 4) is 34.3 Å². The van der Waals surface area contributed by atoms with E-state index in [0.717, 1.165) is 0 Å². The number of ether oxygens (including phenoxy) is 2. The van der Waals surface area contributed by atoms with Crippen LogP contribution in [0.25, 0.3) is 16.9 Å². The van der Waals surface area contributed by atoms with Gasteiger partial charge in [-0.05, 0) is 48.9 Å². The van der Waals surface area contributed by atoms with Crippen LogP contribution >= 0.6 is 0 Å². The van der Waals surface area contributed by atoms with Crippen LogP contribution in [0.2, 0.25) is 0 Å². The third kappa shape index (κ3) is 4.11. The van der Waals surface area contributed by atoms with Crippen LogP contribution in [0.15, 0.2) is 78.9 Å². The molecule has 0 aliphatic rings. The van der Waals surface area contributed by atoms with Crippen molar-refractivity contribution in [3.63, 3.8) is 0 Å². The maximum Gasteiger partial charge on any atom is 0.338 e. The minimum absolute atomic E-state index is 0.0496. The molecular weight excluding hydrogens is 434 g/mol. The zero-order valence-electron chi connectivity index (χ0n) is 18.7. The van der Waals surface area contributed by atoms with Gasteiger partial charge in [0.05, 0.1) is 30.5 Å². The summed E-state index contributed by atoms with van der Waals surface area (Å²) >= 11 is 0. The molecule has 0 spiro atoms. The van der Waals surface area contributed by atoms with Gasteiger partial charge in [-0.2, -0.15) is 0 Å². The summed E-state index contributed by atoms with van der Waals surface area (Å²) in [7, 11) is 1.50. The zero-order chi connectivity index (χ0) is 24.2. The van der Waals surface area contributed by atoms with Crippen LogP contribution in [-0.4, -0.2) is 40.2 Å². The summed E-state index contributed by atoms with van der Waals surface area (Å²) in [6.45, 7) is 1.97. The van der Waals surface area contributed by atoms with Crippen molar-refractivity contribution >= 4 is 11.8 Å². The molecule has 0 saturated heterocycles. The predicted molar refractivity (Wildman–Crippen MR) is 127 cm³/mol. The summed E-state index contributed by atoms with van der Waals surface area (Å²) in [6, 6.07) is 21.9. The average molecular weight is 457 g/mol. The van der Waals surface area contributed by atoms with E-state index in [2.05, 4.69) is 0 Å². The minimum Gasteiger partial charge on any atom is -0.503 e. The van der Waals surface area contributed by atoms with Gasteiger partial charge < -0.3 is 19.7 Å². The second-order valence-electron chi connectivity index (χ2n) is 7.43. The second-order valence-corrected chi connectivity index (χ2v) is 7.43. The molecule has 4 rings (SSSR count). The van der Waals surface area contributed by atoms with E-state index < -0.39 is 23.4 Å². The topological polar surface area (TPSA) is 98.0 Å². The standard InChI is InChI=1S/C27H23NO6/c1-3-34-27(32)18-12-14-20(15-13-18)28-23(17-8-5-4-6-9-17)22(25(30)26(28)31)24(29)19-10-7-11-21(16-19)33-2/h4-16,30-31H,3H2,1-2H3. The first-order valence-electron chi connectivity index (χ1n) is 10.6. The molecule has 7 nitrogen and oxygen atoms in total. The van der Waals surface area contributed by atoms with E-state index in [1.54, 1.807) is 79.7 Å². The van der Waals surface area contributed by atoms with E-state index in [9.17, 15) is 19.8 Å². The fourth-order valence-corrected chi connectivity index (χ4v) is 3.75. The Hall–Kier alpha value is -4.52. The van der Waals surface area contributed by atoms with Gasteiger partial charge in [-0.1, -0.05) is 42.5 Å². The molecular formula is C27H23NO6. The lowest BCUT2D eigenvalue weighted by atomic mass is 9.99.